The molecule has 0 aliphatic rings. The van der Waals surface area contributed by atoms with E-state index < -0.39 is 6.09 Å². The SMILES string of the molecule is CCCc1nc2cnc3cc(Br)ccc3c2n1OC(=O)NC(C)(C)C. The zero-order chi connectivity index (χ0) is 18.2. The van der Waals surface area contributed by atoms with Crippen molar-refractivity contribution in [2.45, 2.75) is 46.1 Å². The fourth-order valence-corrected chi connectivity index (χ4v) is 2.99. The number of carbonyl (C=O) groups is 1. The Kier molecular flexibility index (Phi) is 4.69. The number of nitrogens with one attached hydrogen (secondary N) is 1. The molecule has 2 aromatic heterocycles. The van der Waals surface area contributed by atoms with Crippen molar-refractivity contribution >= 4 is 44.0 Å². The molecular weight excluding hydrogens is 384 g/mol. The molecule has 0 saturated heterocycles. The topological polar surface area (TPSA) is 69.0 Å². The van der Waals surface area contributed by atoms with Crippen molar-refractivity contribution in [1.29, 1.82) is 0 Å². The summed E-state index contributed by atoms with van der Waals surface area (Å²) in [6.07, 6.45) is 2.80. The van der Waals surface area contributed by atoms with Crippen LogP contribution < -0.4 is 10.2 Å². The third-order valence-corrected chi connectivity index (χ3v) is 4.09. The van der Waals surface area contributed by atoms with Gasteiger partial charge in [-0.05, 0) is 45.4 Å². The highest BCUT2D eigenvalue weighted by Crippen LogP contribution is 2.27. The number of hydrogen-bond donors (Lipinski definition) is 1. The van der Waals surface area contributed by atoms with E-state index in [2.05, 4.69) is 38.1 Å². The fraction of sp³-hybridized carbons (Fsp3) is 0.389. The molecule has 0 bridgehead atoms. The lowest BCUT2D eigenvalue weighted by atomic mass is 10.1. The summed E-state index contributed by atoms with van der Waals surface area (Å²) in [4.78, 5) is 27.0. The van der Waals surface area contributed by atoms with Crippen LogP contribution in [0.3, 0.4) is 0 Å². The molecule has 1 N–H and O–H groups in total. The minimum atomic E-state index is -0.508. The molecule has 0 aliphatic carbocycles. The zero-order valence-corrected chi connectivity index (χ0v) is 16.3. The van der Waals surface area contributed by atoms with Gasteiger partial charge in [0, 0.05) is 21.8 Å². The van der Waals surface area contributed by atoms with E-state index in [4.69, 9.17) is 4.84 Å². The Labute approximate surface area is 154 Å². The second kappa shape index (κ2) is 6.63. The van der Waals surface area contributed by atoms with Crippen LogP contribution in [-0.2, 0) is 6.42 Å². The number of rotatable bonds is 3. The highest BCUT2D eigenvalue weighted by atomic mass is 79.9. The summed E-state index contributed by atoms with van der Waals surface area (Å²) in [6, 6.07) is 5.82. The number of carbonyl (C=O) groups excluding carboxylic acids is 1. The first kappa shape index (κ1) is 17.7. The van der Waals surface area contributed by atoms with Crippen LogP contribution in [-0.4, -0.2) is 26.3 Å². The lowest BCUT2D eigenvalue weighted by Gasteiger charge is -2.20. The van der Waals surface area contributed by atoms with Crippen molar-refractivity contribution in [3.05, 3.63) is 34.7 Å². The van der Waals surface area contributed by atoms with Crippen LogP contribution >= 0.6 is 15.9 Å². The van der Waals surface area contributed by atoms with Crippen LogP contribution in [0.15, 0.2) is 28.9 Å². The Morgan fingerprint density at radius 1 is 1.32 bits per heavy atom. The number of aromatic nitrogens is 3. The first-order valence-corrected chi connectivity index (χ1v) is 9.04. The van der Waals surface area contributed by atoms with Gasteiger partial charge in [-0.3, -0.25) is 4.98 Å². The van der Waals surface area contributed by atoms with Crippen molar-refractivity contribution in [3.63, 3.8) is 0 Å². The molecule has 25 heavy (non-hydrogen) atoms. The Balaban J connectivity index is 2.16. The fourth-order valence-electron chi connectivity index (χ4n) is 2.64. The molecule has 0 unspecified atom stereocenters. The molecule has 0 radical (unpaired) electrons. The van der Waals surface area contributed by atoms with Crippen molar-refractivity contribution in [3.8, 4) is 0 Å². The van der Waals surface area contributed by atoms with E-state index in [1.165, 1.54) is 4.73 Å². The number of halogens is 1. The van der Waals surface area contributed by atoms with Crippen LogP contribution in [0.1, 0.15) is 39.9 Å². The molecule has 3 aromatic rings. The molecular formula is C18H21BrN4O2. The molecule has 1 amide bonds. The van der Waals surface area contributed by atoms with Crippen molar-refractivity contribution < 1.29 is 9.63 Å². The number of fused-ring (bicyclic) bond motifs is 3. The van der Waals surface area contributed by atoms with Gasteiger partial charge in [-0.25, -0.2) is 9.78 Å². The predicted molar refractivity (Wildman–Crippen MR) is 102 cm³/mol. The lowest BCUT2D eigenvalue weighted by molar-refractivity contribution is 0.126. The standard InChI is InChI=1S/C18H21BrN4O2/c1-5-6-15-21-14-10-20-13-9-11(19)7-8-12(13)16(14)23(15)25-17(24)22-18(2,3)4/h7-10H,5-6H2,1-4H3,(H,22,24). The van der Waals surface area contributed by atoms with E-state index in [-0.39, 0.29) is 5.54 Å². The van der Waals surface area contributed by atoms with Crippen molar-refractivity contribution in [2.24, 2.45) is 0 Å². The van der Waals surface area contributed by atoms with Gasteiger partial charge in [-0.2, -0.15) is 4.73 Å². The molecule has 6 nitrogen and oxygen atoms in total. The third-order valence-electron chi connectivity index (χ3n) is 3.60. The number of benzene rings is 1. The summed E-state index contributed by atoms with van der Waals surface area (Å²) in [5, 5.41) is 3.70. The molecule has 1 aromatic carbocycles. The molecule has 0 aliphatic heterocycles. The number of amides is 1. The maximum Gasteiger partial charge on any atom is 0.432 e. The average Bonchev–Trinajstić information content (AvgIpc) is 2.83. The molecule has 2 heterocycles. The predicted octanol–water partition coefficient (Wildman–Crippen LogP) is 4.24. The van der Waals surface area contributed by atoms with Gasteiger partial charge in [0.15, 0.2) is 0 Å². The first-order valence-electron chi connectivity index (χ1n) is 8.24. The zero-order valence-electron chi connectivity index (χ0n) is 14.8. The van der Waals surface area contributed by atoms with Crippen LogP contribution in [0.2, 0.25) is 0 Å². The van der Waals surface area contributed by atoms with E-state index in [1.807, 2.05) is 39.0 Å². The van der Waals surface area contributed by atoms with Gasteiger partial charge < -0.3 is 10.2 Å². The van der Waals surface area contributed by atoms with Gasteiger partial charge in [0.25, 0.3) is 0 Å². The summed E-state index contributed by atoms with van der Waals surface area (Å²) in [5.41, 5.74) is 1.89. The van der Waals surface area contributed by atoms with Gasteiger partial charge in [0.05, 0.1) is 11.7 Å². The smallest absolute Gasteiger partial charge is 0.315 e. The van der Waals surface area contributed by atoms with Gasteiger partial charge >= 0.3 is 6.09 Å². The Morgan fingerprint density at radius 2 is 2.08 bits per heavy atom. The highest BCUT2D eigenvalue weighted by Gasteiger charge is 2.20. The summed E-state index contributed by atoms with van der Waals surface area (Å²) < 4.78 is 2.48. The van der Waals surface area contributed by atoms with Crippen LogP contribution in [0, 0.1) is 0 Å². The minimum absolute atomic E-state index is 0.382. The molecule has 7 heteroatoms. The quantitative estimate of drug-likeness (QED) is 0.708. The number of imidazole rings is 1. The van der Waals surface area contributed by atoms with Crippen molar-refractivity contribution in [2.75, 3.05) is 0 Å². The maximum absolute atomic E-state index is 12.3. The maximum atomic E-state index is 12.3. The lowest BCUT2D eigenvalue weighted by Crippen LogP contribution is -2.44. The third kappa shape index (κ3) is 3.76. The summed E-state index contributed by atoms with van der Waals surface area (Å²) in [5.74, 6) is 0.707. The van der Waals surface area contributed by atoms with Gasteiger partial charge in [0.2, 0.25) is 0 Å². The van der Waals surface area contributed by atoms with Crippen LogP contribution in [0.4, 0.5) is 4.79 Å². The Hall–Kier alpha value is -2.15. The van der Waals surface area contributed by atoms with Crippen LogP contribution in [0.5, 0.6) is 0 Å². The molecule has 0 saturated carbocycles. The highest BCUT2D eigenvalue weighted by molar-refractivity contribution is 9.10. The number of aryl methyl sites for hydroxylation is 1. The normalized spacial score (nSPS) is 11.9. The van der Waals surface area contributed by atoms with E-state index in [1.54, 1.807) is 6.20 Å². The van der Waals surface area contributed by atoms with E-state index in [0.29, 0.717) is 17.8 Å². The number of nitrogens with zero attached hydrogens (tertiary/aromatic N) is 3. The minimum Gasteiger partial charge on any atom is -0.315 e. The summed E-state index contributed by atoms with van der Waals surface area (Å²) >= 11 is 3.46. The molecule has 3 rings (SSSR count). The molecule has 0 spiro atoms. The summed E-state index contributed by atoms with van der Waals surface area (Å²) in [6.45, 7) is 7.78. The first-order chi connectivity index (χ1) is 11.8. The Bertz CT molecular complexity index is 944. The molecule has 0 fully saturated rings. The second-order valence-electron chi connectivity index (χ2n) is 6.98. The van der Waals surface area contributed by atoms with E-state index >= 15 is 0 Å². The van der Waals surface area contributed by atoms with Gasteiger partial charge in [-0.15, -0.1) is 0 Å². The van der Waals surface area contributed by atoms with Crippen molar-refractivity contribution in [1.82, 2.24) is 20.0 Å². The van der Waals surface area contributed by atoms with E-state index in [9.17, 15) is 4.79 Å². The van der Waals surface area contributed by atoms with Gasteiger partial charge in [-0.1, -0.05) is 22.9 Å². The summed E-state index contributed by atoms with van der Waals surface area (Å²) in [7, 11) is 0. The Morgan fingerprint density at radius 3 is 2.76 bits per heavy atom. The average molecular weight is 405 g/mol. The molecule has 132 valence electrons. The van der Waals surface area contributed by atoms with E-state index in [0.717, 1.165) is 27.3 Å². The van der Waals surface area contributed by atoms with Gasteiger partial charge in [0.1, 0.15) is 16.9 Å². The second-order valence-corrected chi connectivity index (χ2v) is 7.90. The monoisotopic (exact) mass is 404 g/mol. The largest absolute Gasteiger partial charge is 0.432 e. The number of pyridine rings is 1. The number of hydrogen-bond acceptors (Lipinski definition) is 4. The molecule has 0 atom stereocenters. The van der Waals surface area contributed by atoms with Crippen LogP contribution in [0.25, 0.3) is 21.9 Å².